The zero-order chi connectivity index (χ0) is 14.8. The number of rotatable bonds is 4. The van der Waals surface area contributed by atoms with Crippen molar-refractivity contribution in [1.29, 1.82) is 0 Å². The molecule has 0 unspecified atom stereocenters. The molecule has 0 N–H and O–H groups in total. The molecule has 3 aromatic rings. The van der Waals surface area contributed by atoms with Crippen molar-refractivity contribution in [3.63, 3.8) is 0 Å². The lowest BCUT2D eigenvalue weighted by Crippen LogP contribution is -2.04. The summed E-state index contributed by atoms with van der Waals surface area (Å²) in [7, 11) is 1.57. The van der Waals surface area contributed by atoms with E-state index in [0.29, 0.717) is 21.9 Å². The van der Waals surface area contributed by atoms with E-state index >= 15 is 0 Å². The monoisotopic (exact) mass is 300 g/mol. The number of ether oxygens (including phenoxy) is 1. The van der Waals surface area contributed by atoms with Gasteiger partial charge in [-0.05, 0) is 24.3 Å². The van der Waals surface area contributed by atoms with Crippen molar-refractivity contribution < 1.29 is 13.9 Å². The molecule has 0 fully saturated rings. The third-order valence-electron chi connectivity index (χ3n) is 3.37. The molecule has 4 heteroatoms. The van der Waals surface area contributed by atoms with E-state index in [1.165, 1.54) is 6.26 Å². The molecule has 1 aromatic heterocycles. The fourth-order valence-electron chi connectivity index (χ4n) is 2.35. The Kier molecular flexibility index (Phi) is 3.67. The number of fused-ring (bicyclic) bond motifs is 1. The van der Waals surface area contributed by atoms with Crippen LogP contribution < -0.4 is 4.74 Å². The second-order valence-electron chi connectivity index (χ2n) is 4.70. The van der Waals surface area contributed by atoms with Crippen molar-refractivity contribution in [3.05, 3.63) is 64.9 Å². The number of Topliss-reactive ketones (excluding diaryl/α,β-unsaturated/α-hetero) is 1. The van der Waals surface area contributed by atoms with Crippen LogP contribution >= 0.6 is 11.6 Å². The highest BCUT2D eigenvalue weighted by atomic mass is 35.5. The van der Waals surface area contributed by atoms with Gasteiger partial charge in [0.25, 0.3) is 0 Å². The molecule has 0 bridgehead atoms. The zero-order valence-corrected chi connectivity index (χ0v) is 12.2. The Morgan fingerprint density at radius 2 is 2.05 bits per heavy atom. The second-order valence-corrected chi connectivity index (χ2v) is 5.14. The Balaban J connectivity index is 1.95. The van der Waals surface area contributed by atoms with Crippen molar-refractivity contribution in [2.45, 2.75) is 6.42 Å². The van der Waals surface area contributed by atoms with Crippen molar-refractivity contribution >= 4 is 28.4 Å². The average molecular weight is 301 g/mol. The van der Waals surface area contributed by atoms with Gasteiger partial charge in [0.1, 0.15) is 17.6 Å². The van der Waals surface area contributed by atoms with Crippen LogP contribution in [-0.4, -0.2) is 12.9 Å². The van der Waals surface area contributed by atoms with Crippen LogP contribution in [0.15, 0.2) is 53.1 Å². The number of methoxy groups -OCH3 is 1. The zero-order valence-electron chi connectivity index (χ0n) is 11.4. The smallest absolute Gasteiger partial charge is 0.171 e. The van der Waals surface area contributed by atoms with Crippen molar-refractivity contribution in [3.8, 4) is 5.75 Å². The van der Waals surface area contributed by atoms with Crippen LogP contribution in [0.1, 0.15) is 15.9 Å². The highest BCUT2D eigenvalue weighted by Gasteiger charge is 2.16. The molecule has 0 radical (unpaired) electrons. The summed E-state index contributed by atoms with van der Waals surface area (Å²) in [5.74, 6) is 0.626. The highest BCUT2D eigenvalue weighted by molar-refractivity contribution is 6.30. The van der Waals surface area contributed by atoms with Gasteiger partial charge in [0, 0.05) is 22.4 Å². The van der Waals surface area contributed by atoms with Gasteiger partial charge in [-0.3, -0.25) is 4.79 Å². The van der Waals surface area contributed by atoms with Gasteiger partial charge in [-0.2, -0.15) is 0 Å². The van der Waals surface area contributed by atoms with Crippen LogP contribution in [0.25, 0.3) is 11.0 Å². The van der Waals surface area contributed by atoms with E-state index in [1.807, 2.05) is 24.3 Å². The minimum Gasteiger partial charge on any atom is -0.496 e. The Bertz CT molecular complexity index is 805. The third-order valence-corrected chi connectivity index (χ3v) is 3.61. The van der Waals surface area contributed by atoms with Gasteiger partial charge in [-0.1, -0.05) is 29.8 Å². The second kappa shape index (κ2) is 5.62. The molecule has 0 saturated carbocycles. The minimum atomic E-state index is -0.0273. The van der Waals surface area contributed by atoms with Crippen LogP contribution in [0, 0.1) is 0 Å². The lowest BCUT2D eigenvalue weighted by Gasteiger charge is -2.07. The summed E-state index contributed by atoms with van der Waals surface area (Å²) >= 11 is 5.99. The fraction of sp³-hybridized carbons (Fsp3) is 0.118. The van der Waals surface area contributed by atoms with Gasteiger partial charge in [0.2, 0.25) is 0 Å². The highest BCUT2D eigenvalue weighted by Crippen LogP contribution is 2.26. The van der Waals surface area contributed by atoms with E-state index in [0.717, 1.165) is 10.9 Å². The van der Waals surface area contributed by atoms with Crippen molar-refractivity contribution in [1.82, 2.24) is 0 Å². The number of carbonyl (C=O) groups excluding carboxylic acids is 1. The molecule has 0 aliphatic carbocycles. The van der Waals surface area contributed by atoms with Gasteiger partial charge in [-0.25, -0.2) is 0 Å². The molecule has 0 spiro atoms. The maximum absolute atomic E-state index is 12.5. The summed E-state index contributed by atoms with van der Waals surface area (Å²) in [5.41, 5.74) is 2.05. The number of hydrogen-bond donors (Lipinski definition) is 0. The van der Waals surface area contributed by atoms with Crippen LogP contribution in [0.4, 0.5) is 0 Å². The van der Waals surface area contributed by atoms with Gasteiger partial charge in [0.15, 0.2) is 5.78 Å². The first-order valence-corrected chi connectivity index (χ1v) is 6.88. The molecule has 3 nitrogen and oxygen atoms in total. The van der Waals surface area contributed by atoms with E-state index in [9.17, 15) is 4.79 Å². The summed E-state index contributed by atoms with van der Waals surface area (Å²) in [4.78, 5) is 12.5. The standard InChI is InChI=1S/C17H13ClO3/c1-20-16-7-6-12(18)8-11(16)9-15(19)14-10-21-17-5-3-2-4-13(14)17/h2-8,10H,9H2,1H3. The molecule has 21 heavy (non-hydrogen) atoms. The lowest BCUT2D eigenvalue weighted by molar-refractivity contribution is 0.0993. The normalized spacial score (nSPS) is 10.8. The lowest BCUT2D eigenvalue weighted by atomic mass is 10.0. The number of hydrogen-bond acceptors (Lipinski definition) is 3. The van der Waals surface area contributed by atoms with E-state index in [1.54, 1.807) is 25.3 Å². The Morgan fingerprint density at radius 1 is 1.24 bits per heavy atom. The number of furan rings is 1. The van der Waals surface area contributed by atoms with E-state index < -0.39 is 0 Å². The number of ketones is 1. The number of carbonyl (C=O) groups is 1. The van der Waals surface area contributed by atoms with Gasteiger partial charge in [-0.15, -0.1) is 0 Å². The molecule has 0 aliphatic rings. The molecular weight excluding hydrogens is 288 g/mol. The molecule has 0 saturated heterocycles. The number of benzene rings is 2. The summed E-state index contributed by atoms with van der Waals surface area (Å²) in [6.45, 7) is 0. The maximum atomic E-state index is 12.5. The van der Waals surface area contributed by atoms with E-state index in [-0.39, 0.29) is 12.2 Å². The average Bonchev–Trinajstić information content (AvgIpc) is 2.91. The van der Waals surface area contributed by atoms with Crippen LogP contribution in [0.5, 0.6) is 5.75 Å². The molecular formula is C17H13ClO3. The summed E-state index contributed by atoms with van der Waals surface area (Å²) < 4.78 is 10.7. The Labute approximate surface area is 127 Å². The third kappa shape index (κ3) is 2.65. The predicted octanol–water partition coefficient (Wildman–Crippen LogP) is 4.52. The Morgan fingerprint density at radius 3 is 2.86 bits per heavy atom. The summed E-state index contributed by atoms with van der Waals surface area (Å²) in [6.07, 6.45) is 1.72. The minimum absolute atomic E-state index is 0.0273. The quantitative estimate of drug-likeness (QED) is 0.665. The van der Waals surface area contributed by atoms with Crippen LogP contribution in [-0.2, 0) is 6.42 Å². The fourth-order valence-corrected chi connectivity index (χ4v) is 2.54. The first kappa shape index (κ1) is 13.7. The van der Waals surface area contributed by atoms with E-state index in [2.05, 4.69) is 0 Å². The molecule has 0 amide bonds. The first-order chi connectivity index (χ1) is 10.2. The summed E-state index contributed by atoms with van der Waals surface area (Å²) in [5, 5.41) is 1.40. The largest absolute Gasteiger partial charge is 0.496 e. The maximum Gasteiger partial charge on any atom is 0.171 e. The topological polar surface area (TPSA) is 39.4 Å². The number of para-hydroxylation sites is 1. The van der Waals surface area contributed by atoms with Gasteiger partial charge < -0.3 is 9.15 Å². The molecule has 1 heterocycles. The predicted molar refractivity (Wildman–Crippen MR) is 82.3 cm³/mol. The van der Waals surface area contributed by atoms with Crippen molar-refractivity contribution in [2.75, 3.05) is 7.11 Å². The van der Waals surface area contributed by atoms with Crippen molar-refractivity contribution in [2.24, 2.45) is 0 Å². The molecule has 2 aromatic carbocycles. The van der Waals surface area contributed by atoms with E-state index in [4.69, 9.17) is 20.8 Å². The molecule has 0 atom stereocenters. The van der Waals surface area contributed by atoms with Gasteiger partial charge >= 0.3 is 0 Å². The molecule has 3 rings (SSSR count). The molecule has 106 valence electrons. The van der Waals surface area contributed by atoms with Gasteiger partial charge in [0.05, 0.1) is 12.7 Å². The van der Waals surface area contributed by atoms with Crippen LogP contribution in [0.2, 0.25) is 5.02 Å². The number of halogens is 1. The summed E-state index contributed by atoms with van der Waals surface area (Å²) in [6, 6.07) is 12.7. The SMILES string of the molecule is COc1ccc(Cl)cc1CC(=O)c1coc2ccccc12. The first-order valence-electron chi connectivity index (χ1n) is 6.51. The Hall–Kier alpha value is -2.26. The molecule has 0 aliphatic heterocycles. The van der Waals surface area contributed by atoms with Crippen LogP contribution in [0.3, 0.4) is 0 Å².